The summed E-state index contributed by atoms with van der Waals surface area (Å²) in [5.74, 6) is 2.54. The van der Waals surface area contributed by atoms with Crippen LogP contribution in [0.15, 0.2) is 53.8 Å². The number of hydrogen-bond donors (Lipinski definition) is 2. The van der Waals surface area contributed by atoms with E-state index in [4.69, 9.17) is 59.4 Å². The highest BCUT2D eigenvalue weighted by atomic mass is 16.6. The van der Waals surface area contributed by atoms with Gasteiger partial charge >= 0.3 is 18.0 Å². The van der Waals surface area contributed by atoms with Gasteiger partial charge in [0, 0.05) is 74.9 Å². The standard InChI is InChI=1S/C34H46N8O6.C26H33N7O2.C11H13NO2/c1-21-28(38-32(44)48-33(2,3)4)34(20-47-21)13-16-40(17-14-34)25-19-35-27-29(37-25)42(26-10-6-7-18-46-26)39-30(27)41-15-8-9-22-24(41)12-11-23(36-22)31(43)45-5;1-3-21(34)18-6-7-20-17(30-18)5-4-10-33(20)25-23-19(13-29-25)31-22(14-28-23)32-11-8-26(9-12-32)15-35-16(2)24(26)27;1-14-11(13)10-7-6-8-4-2-3-5-9(8)12-10/h11-12,19,21,26,28H,6-10,13-18,20H2,1-5H3,(H,38,44);6-7,14,16,24H,3-5,8-13,15,27H2,1-2H3;6-7H,2-5H2,1H3/t21-,26?,28+;16-,24+;/m00./s1. The molecule has 8 aliphatic heterocycles. The van der Waals surface area contributed by atoms with Crippen molar-refractivity contribution >= 4 is 69.6 Å². The number of esters is 2. The molecule has 5 atom stereocenters. The van der Waals surface area contributed by atoms with Gasteiger partial charge in [-0.2, -0.15) is 0 Å². The lowest BCUT2D eigenvalue weighted by molar-refractivity contribution is -0.0368. The van der Waals surface area contributed by atoms with E-state index >= 15 is 0 Å². The Labute approximate surface area is 566 Å². The first-order valence-electron chi connectivity index (χ1n) is 34.8. The van der Waals surface area contributed by atoms with Crippen LogP contribution in [0.1, 0.15) is 190 Å². The number of ketones is 1. The summed E-state index contributed by atoms with van der Waals surface area (Å²) in [6.45, 7) is 19.0. The first-order chi connectivity index (χ1) is 46.8. The number of nitrogens with zero attached hydrogens (tertiary/aromatic N) is 14. The molecule has 5 saturated heterocycles. The SMILES string of the molecule is CCC(=O)c1ccc2c(n1)CCCN2C1=NCc2nc(N3CCC4(CC3)CO[C@@H](C)[C@H]4N)cnc21.COC(=O)c1ccc2c(n1)CCCC2.COC(=O)c1ccc2c(n1)CCCN2c1nn(C2CCCCO2)c2nc(N3CCC4(CC3)CO[C@@H](C)[C@H]4NC(=O)OC(C)(C)C)cnc12. The lowest BCUT2D eigenvalue weighted by atomic mass is 9.73. The van der Waals surface area contributed by atoms with Crippen molar-refractivity contribution in [2.45, 2.75) is 187 Å². The van der Waals surface area contributed by atoms with Crippen molar-refractivity contribution in [2.24, 2.45) is 21.6 Å². The minimum Gasteiger partial charge on any atom is -0.464 e. The molecule has 1 amide bonds. The summed E-state index contributed by atoms with van der Waals surface area (Å²) in [7, 11) is 2.74. The molecule has 9 aliphatic rings. The Kier molecular flexibility index (Phi) is 19.6. The number of hydrogen-bond acceptors (Lipinski definition) is 24. The minimum atomic E-state index is -0.571. The molecule has 3 N–H and O–H groups in total. The molecule has 1 unspecified atom stereocenters. The van der Waals surface area contributed by atoms with E-state index in [0.29, 0.717) is 60.2 Å². The van der Waals surface area contributed by atoms with Gasteiger partial charge in [-0.1, -0.05) is 13.0 Å². The molecule has 14 heterocycles. The van der Waals surface area contributed by atoms with E-state index in [-0.39, 0.29) is 53.1 Å². The summed E-state index contributed by atoms with van der Waals surface area (Å²) >= 11 is 0. The van der Waals surface area contributed by atoms with Crippen molar-refractivity contribution in [1.82, 2.24) is 50.0 Å². The normalized spacial score (nSPS) is 23.0. The van der Waals surface area contributed by atoms with Crippen molar-refractivity contribution in [3.63, 3.8) is 0 Å². The molecule has 26 nitrogen and oxygen atoms in total. The average Bonchev–Trinajstić information content (AvgIpc) is 1.65. The maximum atomic E-state index is 12.7. The van der Waals surface area contributed by atoms with Crippen LogP contribution in [-0.4, -0.2) is 178 Å². The zero-order valence-electron chi connectivity index (χ0n) is 57.3. The van der Waals surface area contributed by atoms with Gasteiger partial charge in [0.1, 0.15) is 40.0 Å². The number of aliphatic imine (C=N–C) groups is 1. The highest BCUT2D eigenvalue weighted by Crippen LogP contribution is 2.45. The van der Waals surface area contributed by atoms with Crippen molar-refractivity contribution in [3.05, 3.63) is 99.9 Å². The maximum absolute atomic E-state index is 12.7. The maximum Gasteiger partial charge on any atom is 0.407 e. The summed E-state index contributed by atoms with van der Waals surface area (Å²) in [6.07, 6.45) is 18.1. The molecule has 5 fully saturated rings. The van der Waals surface area contributed by atoms with Gasteiger partial charge in [-0.3, -0.25) is 9.79 Å². The topological polar surface area (TPSA) is 295 Å². The fraction of sp³-hybridized carbons (Fsp3) is 0.592. The summed E-state index contributed by atoms with van der Waals surface area (Å²) < 4.78 is 35.2. The highest BCUT2D eigenvalue weighted by Gasteiger charge is 2.51. The van der Waals surface area contributed by atoms with Gasteiger partial charge < -0.3 is 59.1 Å². The van der Waals surface area contributed by atoms with Crippen molar-refractivity contribution in [2.75, 3.05) is 92.9 Å². The van der Waals surface area contributed by atoms with Crippen LogP contribution in [0.25, 0.3) is 11.2 Å². The van der Waals surface area contributed by atoms with Crippen molar-refractivity contribution in [3.8, 4) is 0 Å². The Morgan fingerprint density at radius 2 is 1.25 bits per heavy atom. The second kappa shape index (κ2) is 28.3. The quantitative estimate of drug-likeness (QED) is 0.0775. The summed E-state index contributed by atoms with van der Waals surface area (Å²) in [4.78, 5) is 95.6. The fourth-order valence-electron chi connectivity index (χ4n) is 15.3. The molecule has 0 saturated carbocycles. The Hall–Kier alpha value is -8.33. The van der Waals surface area contributed by atoms with E-state index in [1.807, 2.05) is 76.0 Å². The molecule has 0 radical (unpaired) electrons. The number of aryl methyl sites for hydroxylation is 4. The minimum absolute atomic E-state index is 0.0763. The van der Waals surface area contributed by atoms with E-state index in [2.05, 4.69) is 51.5 Å². The zero-order valence-corrected chi connectivity index (χ0v) is 57.3. The molecule has 2 spiro atoms. The average molecular weight is 1330 g/mol. The molecule has 0 aromatic carbocycles. The summed E-state index contributed by atoms with van der Waals surface area (Å²) in [5.41, 5.74) is 16.3. The molecule has 516 valence electrons. The second-order valence-corrected chi connectivity index (χ2v) is 28.1. The van der Waals surface area contributed by atoms with E-state index < -0.39 is 17.7 Å². The molecule has 26 heteroatoms. The van der Waals surface area contributed by atoms with Crippen LogP contribution in [0, 0.1) is 10.8 Å². The molecule has 15 rings (SSSR count). The van der Waals surface area contributed by atoms with Crippen LogP contribution in [0.4, 0.5) is 33.6 Å². The van der Waals surface area contributed by atoms with Crippen LogP contribution in [0.2, 0.25) is 0 Å². The van der Waals surface area contributed by atoms with Gasteiger partial charge in [0.05, 0.1) is 93.1 Å². The summed E-state index contributed by atoms with van der Waals surface area (Å²) in [6, 6.07) is 11.2. The van der Waals surface area contributed by atoms with E-state index in [9.17, 15) is 19.2 Å². The number of nitrogens with one attached hydrogen (secondary N) is 1. The predicted octanol–water partition coefficient (Wildman–Crippen LogP) is 8.95. The van der Waals surface area contributed by atoms with Gasteiger partial charge in [0.2, 0.25) is 0 Å². The van der Waals surface area contributed by atoms with Crippen LogP contribution in [0.3, 0.4) is 0 Å². The molecule has 0 bridgehead atoms. The highest BCUT2D eigenvalue weighted by molar-refractivity contribution is 6.11. The van der Waals surface area contributed by atoms with Crippen molar-refractivity contribution in [1.29, 1.82) is 0 Å². The third-order valence-corrected chi connectivity index (χ3v) is 20.8. The van der Waals surface area contributed by atoms with Crippen LogP contribution in [-0.2, 0) is 60.6 Å². The molecular formula is C71H92N16O10. The first kappa shape index (κ1) is 67.2. The lowest BCUT2D eigenvalue weighted by Gasteiger charge is -2.42. The second-order valence-electron chi connectivity index (χ2n) is 28.1. The number of nitrogens with two attached hydrogens (primary N) is 1. The molecule has 1 aliphatic carbocycles. The number of amides is 1. The molecule has 6 aromatic rings. The number of Topliss-reactive ketones (excluding diaryl/α,β-unsaturated/α-hetero) is 1. The van der Waals surface area contributed by atoms with Crippen LogP contribution in [0.5, 0.6) is 0 Å². The predicted molar refractivity (Wildman–Crippen MR) is 364 cm³/mol. The first-order valence-corrected chi connectivity index (χ1v) is 34.8. The third kappa shape index (κ3) is 13.8. The monoisotopic (exact) mass is 1330 g/mol. The number of anilines is 5. The Morgan fingerprint density at radius 1 is 0.649 bits per heavy atom. The van der Waals surface area contributed by atoms with Crippen molar-refractivity contribution < 1.29 is 47.6 Å². The third-order valence-electron chi connectivity index (χ3n) is 20.8. The Bertz CT molecular complexity index is 3940. The van der Waals surface area contributed by atoms with Gasteiger partial charge in [0.25, 0.3) is 0 Å². The van der Waals surface area contributed by atoms with Gasteiger partial charge in [-0.25, -0.2) is 54.0 Å². The summed E-state index contributed by atoms with van der Waals surface area (Å²) in [5, 5.41) is 8.24. The van der Waals surface area contributed by atoms with Crippen LogP contribution >= 0.6 is 0 Å². The largest absolute Gasteiger partial charge is 0.464 e. The number of amidine groups is 1. The number of carbonyl (C=O) groups is 4. The Morgan fingerprint density at radius 3 is 1.91 bits per heavy atom. The lowest BCUT2D eigenvalue weighted by Crippen LogP contribution is -2.55. The zero-order chi connectivity index (χ0) is 67.8. The van der Waals surface area contributed by atoms with Crippen LogP contribution < -0.4 is 30.7 Å². The number of methoxy groups -OCH3 is 2. The van der Waals surface area contributed by atoms with Gasteiger partial charge in [0.15, 0.2) is 34.8 Å². The number of piperidine rings is 2. The number of ether oxygens (including phenoxy) is 6. The molecular weight excluding hydrogens is 1240 g/mol. The number of rotatable bonds is 9. The Balaban J connectivity index is 0.000000150. The number of alkyl carbamates (subject to hydrolysis) is 1. The molecule has 97 heavy (non-hydrogen) atoms. The number of pyridine rings is 3. The van der Waals surface area contributed by atoms with E-state index in [1.54, 1.807) is 12.1 Å². The number of carbonyl (C=O) groups excluding carboxylic acids is 4. The van der Waals surface area contributed by atoms with E-state index in [0.717, 1.165) is 187 Å². The fourth-order valence-corrected chi connectivity index (χ4v) is 15.3. The number of fused-ring (bicyclic) bond motifs is 5. The molecule has 6 aromatic heterocycles. The van der Waals surface area contributed by atoms with Gasteiger partial charge in [-0.15, -0.1) is 5.10 Å². The van der Waals surface area contributed by atoms with Gasteiger partial charge in [-0.05, 0) is 167 Å². The smallest absolute Gasteiger partial charge is 0.407 e. The number of aromatic nitrogens is 9. The van der Waals surface area contributed by atoms with E-state index in [1.165, 1.54) is 32.6 Å².